The zero-order valence-corrected chi connectivity index (χ0v) is 18.7. The maximum absolute atomic E-state index is 12.0. The molecule has 0 aromatic carbocycles. The molecule has 0 fully saturated rings. The third-order valence-corrected chi connectivity index (χ3v) is 6.70. The number of hydrogen-bond acceptors (Lipinski definition) is 6. The molecule has 0 radical (unpaired) electrons. The SMILES string of the molecule is CCO[Si](CCCNC(=O)OC(C)(C)CCOC(C)C)(OCC)OCC. The van der Waals surface area contributed by atoms with Gasteiger partial charge < -0.3 is 28.1 Å². The van der Waals surface area contributed by atoms with Crippen LogP contribution in [0.5, 0.6) is 0 Å². The Morgan fingerprint density at radius 3 is 2.04 bits per heavy atom. The zero-order valence-electron chi connectivity index (χ0n) is 17.7. The fourth-order valence-corrected chi connectivity index (χ4v) is 4.99. The van der Waals surface area contributed by atoms with Gasteiger partial charge in [0.15, 0.2) is 0 Å². The smallest absolute Gasteiger partial charge is 0.443 e. The first-order valence-electron chi connectivity index (χ1n) is 9.70. The summed E-state index contributed by atoms with van der Waals surface area (Å²) in [6.45, 7) is 16.2. The van der Waals surface area contributed by atoms with E-state index in [1.807, 2.05) is 48.5 Å². The number of carbonyl (C=O) groups is 1. The van der Waals surface area contributed by atoms with Crippen LogP contribution in [0.1, 0.15) is 61.3 Å². The molecule has 0 atom stereocenters. The van der Waals surface area contributed by atoms with E-state index in [4.69, 9.17) is 22.8 Å². The van der Waals surface area contributed by atoms with Crippen LogP contribution in [0.25, 0.3) is 0 Å². The highest BCUT2D eigenvalue weighted by Gasteiger charge is 2.39. The molecule has 0 unspecified atom stereocenters. The molecule has 0 rings (SSSR count). The van der Waals surface area contributed by atoms with Crippen molar-refractivity contribution in [1.29, 1.82) is 0 Å². The van der Waals surface area contributed by atoms with Crippen LogP contribution in [-0.2, 0) is 22.8 Å². The number of nitrogens with one attached hydrogen (secondary N) is 1. The predicted octanol–water partition coefficient (Wildman–Crippen LogP) is 3.74. The quantitative estimate of drug-likeness (QED) is 0.337. The van der Waals surface area contributed by atoms with Gasteiger partial charge in [-0.3, -0.25) is 0 Å². The lowest BCUT2D eigenvalue weighted by Gasteiger charge is -2.28. The van der Waals surface area contributed by atoms with Crippen molar-refractivity contribution in [2.24, 2.45) is 0 Å². The van der Waals surface area contributed by atoms with Gasteiger partial charge in [0.05, 0.1) is 12.7 Å². The molecule has 0 aromatic heterocycles. The number of rotatable bonds is 15. The molecule has 0 aliphatic heterocycles. The average Bonchev–Trinajstić information content (AvgIpc) is 2.51. The maximum atomic E-state index is 12.0. The molecule has 0 aromatic rings. The molecular formula is C18H39NO6Si. The van der Waals surface area contributed by atoms with E-state index in [1.165, 1.54) is 0 Å². The van der Waals surface area contributed by atoms with Crippen molar-refractivity contribution in [2.45, 2.75) is 79.1 Å². The summed E-state index contributed by atoms with van der Waals surface area (Å²) in [5.74, 6) is 0. The Morgan fingerprint density at radius 1 is 1.04 bits per heavy atom. The van der Waals surface area contributed by atoms with Gasteiger partial charge in [0.1, 0.15) is 5.60 Å². The second-order valence-electron chi connectivity index (χ2n) is 6.83. The van der Waals surface area contributed by atoms with E-state index in [-0.39, 0.29) is 6.10 Å². The molecule has 0 bridgehead atoms. The lowest BCUT2D eigenvalue weighted by Crippen LogP contribution is -2.46. The Hall–Kier alpha value is -0.673. The number of alkyl carbamates (subject to hydrolysis) is 1. The van der Waals surface area contributed by atoms with Crippen molar-refractivity contribution in [3.05, 3.63) is 0 Å². The summed E-state index contributed by atoms with van der Waals surface area (Å²) < 4.78 is 28.4. The van der Waals surface area contributed by atoms with Crippen molar-refractivity contribution in [1.82, 2.24) is 5.32 Å². The van der Waals surface area contributed by atoms with E-state index >= 15 is 0 Å². The largest absolute Gasteiger partial charge is 0.500 e. The molecule has 0 aliphatic carbocycles. The third kappa shape index (κ3) is 11.8. The zero-order chi connectivity index (χ0) is 20.1. The molecule has 1 N–H and O–H groups in total. The first-order chi connectivity index (χ1) is 12.2. The molecule has 0 aliphatic rings. The van der Waals surface area contributed by atoms with E-state index < -0.39 is 20.5 Å². The van der Waals surface area contributed by atoms with Gasteiger partial charge in [-0.1, -0.05) is 0 Å². The highest BCUT2D eigenvalue weighted by atomic mass is 28.4. The molecule has 0 saturated heterocycles. The van der Waals surface area contributed by atoms with Gasteiger partial charge >= 0.3 is 14.9 Å². The summed E-state index contributed by atoms with van der Waals surface area (Å²) in [4.78, 5) is 12.0. The fourth-order valence-electron chi connectivity index (χ4n) is 2.38. The first kappa shape index (κ1) is 25.3. The standard InChI is InChI=1S/C18H39NO6Si/c1-8-22-26(23-9-2,24-10-3)15-11-13-19-17(20)25-18(6,7)12-14-21-16(4)5/h16H,8-15H2,1-7H3,(H,19,20). The molecule has 0 saturated carbocycles. The van der Waals surface area contributed by atoms with Crippen LogP contribution >= 0.6 is 0 Å². The number of carbonyl (C=O) groups excluding carboxylic acids is 1. The van der Waals surface area contributed by atoms with Crippen LogP contribution in [0.15, 0.2) is 0 Å². The highest BCUT2D eigenvalue weighted by molar-refractivity contribution is 6.60. The van der Waals surface area contributed by atoms with E-state index in [0.29, 0.717) is 51.9 Å². The average molecular weight is 394 g/mol. The van der Waals surface area contributed by atoms with Crippen molar-refractivity contribution < 1.29 is 27.5 Å². The van der Waals surface area contributed by atoms with Gasteiger partial charge in [-0.2, -0.15) is 0 Å². The Labute approximate surface area is 160 Å². The molecule has 26 heavy (non-hydrogen) atoms. The van der Waals surface area contributed by atoms with Crippen molar-refractivity contribution in [3.8, 4) is 0 Å². The molecule has 0 spiro atoms. The maximum Gasteiger partial charge on any atom is 0.500 e. The van der Waals surface area contributed by atoms with Crippen molar-refractivity contribution >= 4 is 14.9 Å². The summed E-state index contributed by atoms with van der Waals surface area (Å²) >= 11 is 0. The van der Waals surface area contributed by atoms with Crippen LogP contribution in [0.4, 0.5) is 4.79 Å². The Kier molecular flexibility index (Phi) is 13.1. The Bertz CT molecular complexity index is 362. The number of ether oxygens (including phenoxy) is 2. The van der Waals surface area contributed by atoms with E-state index in [0.717, 1.165) is 0 Å². The van der Waals surface area contributed by atoms with Gasteiger partial charge in [0, 0.05) is 38.8 Å². The second kappa shape index (κ2) is 13.5. The predicted molar refractivity (Wildman–Crippen MR) is 104 cm³/mol. The van der Waals surface area contributed by atoms with E-state index in [9.17, 15) is 4.79 Å². The lowest BCUT2D eigenvalue weighted by atomic mass is 10.1. The van der Waals surface area contributed by atoms with Gasteiger partial charge in [-0.25, -0.2) is 4.79 Å². The summed E-state index contributed by atoms with van der Waals surface area (Å²) in [7, 11) is -2.65. The summed E-state index contributed by atoms with van der Waals surface area (Å²) in [6, 6.07) is 0.661. The molecule has 1 amide bonds. The monoisotopic (exact) mass is 393 g/mol. The minimum atomic E-state index is -2.65. The number of hydrogen-bond donors (Lipinski definition) is 1. The minimum Gasteiger partial charge on any atom is -0.443 e. The summed E-state index contributed by atoms with van der Waals surface area (Å²) in [6.07, 6.45) is 1.10. The van der Waals surface area contributed by atoms with Crippen molar-refractivity contribution in [3.63, 3.8) is 0 Å². The van der Waals surface area contributed by atoms with Crippen molar-refractivity contribution in [2.75, 3.05) is 33.0 Å². The van der Waals surface area contributed by atoms with Crippen LogP contribution in [0.3, 0.4) is 0 Å². The van der Waals surface area contributed by atoms with Gasteiger partial charge in [0.2, 0.25) is 0 Å². The molecular weight excluding hydrogens is 354 g/mol. The lowest BCUT2D eigenvalue weighted by molar-refractivity contribution is -0.00465. The molecule has 8 heteroatoms. The van der Waals surface area contributed by atoms with Crippen LogP contribution in [0.2, 0.25) is 6.04 Å². The number of amides is 1. The summed E-state index contributed by atoms with van der Waals surface area (Å²) in [5.41, 5.74) is -0.570. The molecule has 156 valence electrons. The fraction of sp³-hybridized carbons (Fsp3) is 0.944. The van der Waals surface area contributed by atoms with Crippen LogP contribution in [-0.4, -0.2) is 59.6 Å². The molecule has 7 nitrogen and oxygen atoms in total. The van der Waals surface area contributed by atoms with E-state index in [1.54, 1.807) is 0 Å². The second-order valence-corrected chi connectivity index (χ2v) is 9.56. The highest BCUT2D eigenvalue weighted by Crippen LogP contribution is 2.18. The van der Waals surface area contributed by atoms with Gasteiger partial charge in [0.25, 0.3) is 0 Å². The van der Waals surface area contributed by atoms with Crippen LogP contribution < -0.4 is 5.32 Å². The Balaban J connectivity index is 4.25. The topological polar surface area (TPSA) is 75.3 Å². The Morgan fingerprint density at radius 2 is 1.58 bits per heavy atom. The summed E-state index contributed by atoms with van der Waals surface area (Å²) in [5, 5.41) is 2.79. The first-order valence-corrected chi connectivity index (χ1v) is 11.6. The molecule has 0 heterocycles. The third-order valence-electron chi connectivity index (χ3n) is 3.55. The normalized spacial score (nSPS) is 12.5. The van der Waals surface area contributed by atoms with Gasteiger partial charge in [-0.05, 0) is 54.9 Å². The van der Waals surface area contributed by atoms with Gasteiger partial charge in [-0.15, -0.1) is 0 Å². The minimum absolute atomic E-state index is 0.171. The van der Waals surface area contributed by atoms with Crippen LogP contribution in [0, 0.1) is 0 Å². The van der Waals surface area contributed by atoms with E-state index in [2.05, 4.69) is 5.32 Å².